The Balaban J connectivity index is 2.25. The standard InChI is InChI=1S/C21H26N2O5/c1-13(2)12-27-17-8-6-7-16(19(17)28-14(3)4)20(24)23-18-10-9-15(11-22-18)21(25)26-5/h6-11,13-14H,12H2,1-5H3,(H,22,23,24). The molecule has 0 aliphatic carbocycles. The van der Waals surface area contributed by atoms with Crippen molar-refractivity contribution in [2.24, 2.45) is 5.92 Å². The molecule has 1 N–H and O–H groups in total. The lowest BCUT2D eigenvalue weighted by molar-refractivity contribution is 0.0600. The van der Waals surface area contributed by atoms with Crippen molar-refractivity contribution in [3.05, 3.63) is 47.7 Å². The van der Waals surface area contributed by atoms with E-state index in [0.717, 1.165) is 0 Å². The second kappa shape index (κ2) is 9.73. The van der Waals surface area contributed by atoms with Crippen molar-refractivity contribution in [1.29, 1.82) is 0 Å². The fourth-order valence-electron chi connectivity index (χ4n) is 2.31. The molecule has 2 aromatic rings. The number of nitrogens with one attached hydrogen (secondary N) is 1. The first-order chi connectivity index (χ1) is 13.3. The zero-order chi connectivity index (χ0) is 20.7. The number of esters is 1. The Morgan fingerprint density at radius 2 is 1.86 bits per heavy atom. The molecule has 0 atom stereocenters. The summed E-state index contributed by atoms with van der Waals surface area (Å²) in [6.45, 7) is 8.37. The summed E-state index contributed by atoms with van der Waals surface area (Å²) in [5.41, 5.74) is 0.641. The molecule has 7 nitrogen and oxygen atoms in total. The van der Waals surface area contributed by atoms with Gasteiger partial charge in [0.15, 0.2) is 11.5 Å². The van der Waals surface area contributed by atoms with Crippen LogP contribution in [-0.2, 0) is 4.74 Å². The Kier molecular flexibility index (Phi) is 7.37. The summed E-state index contributed by atoms with van der Waals surface area (Å²) in [6, 6.07) is 8.25. The van der Waals surface area contributed by atoms with Gasteiger partial charge in [-0.3, -0.25) is 4.79 Å². The normalized spacial score (nSPS) is 10.7. The van der Waals surface area contributed by atoms with Crippen molar-refractivity contribution in [3.63, 3.8) is 0 Å². The monoisotopic (exact) mass is 386 g/mol. The van der Waals surface area contributed by atoms with Crippen LogP contribution in [0.2, 0.25) is 0 Å². The lowest BCUT2D eigenvalue weighted by Crippen LogP contribution is -2.18. The minimum atomic E-state index is -0.493. The quantitative estimate of drug-likeness (QED) is 0.692. The molecule has 0 spiro atoms. The van der Waals surface area contributed by atoms with Gasteiger partial charge in [0.05, 0.1) is 30.9 Å². The van der Waals surface area contributed by atoms with E-state index in [-0.39, 0.29) is 12.0 Å². The molecule has 0 fully saturated rings. The maximum atomic E-state index is 12.8. The molecule has 1 aromatic heterocycles. The van der Waals surface area contributed by atoms with Crippen LogP contribution in [-0.4, -0.2) is 36.7 Å². The molecule has 1 amide bonds. The Bertz CT molecular complexity index is 816. The number of carbonyl (C=O) groups excluding carboxylic acids is 2. The average molecular weight is 386 g/mol. The van der Waals surface area contributed by atoms with E-state index in [0.29, 0.717) is 41.0 Å². The average Bonchev–Trinajstić information content (AvgIpc) is 2.66. The van der Waals surface area contributed by atoms with Crippen LogP contribution >= 0.6 is 0 Å². The molecule has 7 heteroatoms. The first-order valence-corrected chi connectivity index (χ1v) is 9.10. The van der Waals surface area contributed by atoms with Crippen molar-refractivity contribution in [2.75, 3.05) is 19.0 Å². The van der Waals surface area contributed by atoms with E-state index in [1.807, 2.05) is 27.7 Å². The summed E-state index contributed by atoms with van der Waals surface area (Å²) < 4.78 is 16.3. The van der Waals surface area contributed by atoms with Gasteiger partial charge in [-0.25, -0.2) is 9.78 Å². The fourth-order valence-corrected chi connectivity index (χ4v) is 2.31. The maximum Gasteiger partial charge on any atom is 0.339 e. The summed E-state index contributed by atoms with van der Waals surface area (Å²) in [5, 5.41) is 2.71. The minimum absolute atomic E-state index is 0.132. The number of hydrogen-bond donors (Lipinski definition) is 1. The van der Waals surface area contributed by atoms with Gasteiger partial charge >= 0.3 is 5.97 Å². The van der Waals surface area contributed by atoms with Crippen LogP contribution in [0.4, 0.5) is 5.82 Å². The number of benzene rings is 1. The molecule has 1 heterocycles. The minimum Gasteiger partial charge on any atom is -0.489 e. The van der Waals surface area contributed by atoms with Gasteiger partial charge in [0.2, 0.25) is 0 Å². The SMILES string of the molecule is COC(=O)c1ccc(NC(=O)c2cccc(OCC(C)C)c2OC(C)C)nc1. The van der Waals surface area contributed by atoms with Gasteiger partial charge in [0.25, 0.3) is 5.91 Å². The summed E-state index contributed by atoms with van der Waals surface area (Å²) in [6.07, 6.45) is 1.21. The van der Waals surface area contributed by atoms with Crippen LogP contribution in [0.5, 0.6) is 11.5 Å². The van der Waals surface area contributed by atoms with Gasteiger partial charge in [-0.2, -0.15) is 0 Å². The van der Waals surface area contributed by atoms with E-state index >= 15 is 0 Å². The molecule has 0 aliphatic heterocycles. The van der Waals surface area contributed by atoms with Gasteiger partial charge in [-0.15, -0.1) is 0 Å². The lowest BCUT2D eigenvalue weighted by Gasteiger charge is -2.19. The van der Waals surface area contributed by atoms with E-state index in [2.05, 4.69) is 15.0 Å². The fraction of sp³-hybridized carbons (Fsp3) is 0.381. The number of methoxy groups -OCH3 is 1. The molecule has 0 aliphatic rings. The highest BCUT2D eigenvalue weighted by Gasteiger charge is 2.19. The van der Waals surface area contributed by atoms with Crippen LogP contribution in [0.1, 0.15) is 48.4 Å². The Labute approximate surface area is 165 Å². The number of nitrogens with zero attached hydrogens (tertiary/aromatic N) is 1. The van der Waals surface area contributed by atoms with E-state index in [1.54, 1.807) is 18.2 Å². The predicted octanol–water partition coefficient (Wildman–Crippen LogP) is 3.94. The van der Waals surface area contributed by atoms with Crippen molar-refractivity contribution in [3.8, 4) is 11.5 Å². The third-order valence-electron chi connectivity index (χ3n) is 3.58. The molecule has 28 heavy (non-hydrogen) atoms. The number of para-hydroxylation sites is 1. The second-order valence-corrected chi connectivity index (χ2v) is 6.88. The number of hydrogen-bond acceptors (Lipinski definition) is 6. The summed E-state index contributed by atoms with van der Waals surface area (Å²) in [5.74, 6) is 0.673. The van der Waals surface area contributed by atoms with Gasteiger partial charge in [-0.1, -0.05) is 19.9 Å². The summed E-state index contributed by atoms with van der Waals surface area (Å²) >= 11 is 0. The van der Waals surface area contributed by atoms with Crippen LogP contribution in [0.3, 0.4) is 0 Å². The van der Waals surface area contributed by atoms with E-state index in [1.165, 1.54) is 25.4 Å². The zero-order valence-electron chi connectivity index (χ0n) is 16.8. The van der Waals surface area contributed by atoms with Crippen LogP contribution in [0, 0.1) is 5.92 Å². The van der Waals surface area contributed by atoms with Crippen LogP contribution in [0.15, 0.2) is 36.5 Å². The van der Waals surface area contributed by atoms with Crippen LogP contribution in [0.25, 0.3) is 0 Å². The van der Waals surface area contributed by atoms with Crippen molar-refractivity contribution in [2.45, 2.75) is 33.8 Å². The molecule has 0 saturated heterocycles. The Morgan fingerprint density at radius 3 is 2.43 bits per heavy atom. The van der Waals surface area contributed by atoms with Crippen LogP contribution < -0.4 is 14.8 Å². The first kappa shape index (κ1) is 21.2. The number of aromatic nitrogens is 1. The predicted molar refractivity (Wildman–Crippen MR) is 106 cm³/mol. The molecular formula is C21H26N2O5. The molecule has 0 radical (unpaired) electrons. The molecule has 0 unspecified atom stereocenters. The Morgan fingerprint density at radius 1 is 1.11 bits per heavy atom. The largest absolute Gasteiger partial charge is 0.489 e. The number of pyridine rings is 1. The number of amides is 1. The highest BCUT2D eigenvalue weighted by Crippen LogP contribution is 2.33. The number of carbonyl (C=O) groups is 2. The highest BCUT2D eigenvalue weighted by molar-refractivity contribution is 6.06. The van der Waals surface area contributed by atoms with Gasteiger partial charge in [-0.05, 0) is 44.0 Å². The molecule has 2 rings (SSSR count). The molecule has 0 saturated carbocycles. The van der Waals surface area contributed by atoms with Crippen molar-refractivity contribution < 1.29 is 23.8 Å². The number of ether oxygens (including phenoxy) is 3. The number of rotatable bonds is 8. The van der Waals surface area contributed by atoms with Gasteiger partial charge < -0.3 is 19.5 Å². The first-order valence-electron chi connectivity index (χ1n) is 9.10. The van der Waals surface area contributed by atoms with E-state index < -0.39 is 5.97 Å². The van der Waals surface area contributed by atoms with E-state index in [9.17, 15) is 9.59 Å². The highest BCUT2D eigenvalue weighted by atomic mass is 16.5. The third kappa shape index (κ3) is 5.70. The molecule has 0 bridgehead atoms. The second-order valence-electron chi connectivity index (χ2n) is 6.88. The summed E-state index contributed by atoms with van der Waals surface area (Å²) in [7, 11) is 1.29. The molecular weight excluding hydrogens is 360 g/mol. The molecule has 1 aromatic carbocycles. The lowest BCUT2D eigenvalue weighted by atomic mass is 10.1. The smallest absolute Gasteiger partial charge is 0.339 e. The summed E-state index contributed by atoms with van der Waals surface area (Å²) in [4.78, 5) is 28.4. The third-order valence-corrected chi connectivity index (χ3v) is 3.58. The van der Waals surface area contributed by atoms with E-state index in [4.69, 9.17) is 9.47 Å². The number of anilines is 1. The zero-order valence-corrected chi connectivity index (χ0v) is 16.8. The van der Waals surface area contributed by atoms with Gasteiger partial charge in [0.1, 0.15) is 5.82 Å². The van der Waals surface area contributed by atoms with Crippen molar-refractivity contribution >= 4 is 17.7 Å². The topological polar surface area (TPSA) is 86.8 Å². The Hall–Kier alpha value is -3.09. The molecule has 150 valence electrons. The van der Waals surface area contributed by atoms with Crippen molar-refractivity contribution in [1.82, 2.24) is 4.98 Å². The maximum absolute atomic E-state index is 12.8. The van der Waals surface area contributed by atoms with Gasteiger partial charge in [0, 0.05) is 6.20 Å².